The molecule has 0 radical (unpaired) electrons. The van der Waals surface area contributed by atoms with Crippen molar-refractivity contribution in [1.82, 2.24) is 15.2 Å². The number of nitrogens with one attached hydrogen (secondary N) is 1. The van der Waals surface area contributed by atoms with Crippen molar-refractivity contribution < 1.29 is 9.53 Å². The third kappa shape index (κ3) is 5.22. The molecule has 0 unspecified atom stereocenters. The molecular weight excluding hydrogens is 408 g/mol. The molecule has 1 aliphatic heterocycles. The molecule has 2 heterocycles. The van der Waals surface area contributed by atoms with Gasteiger partial charge in [-0.05, 0) is 12.5 Å². The van der Waals surface area contributed by atoms with Crippen LogP contribution in [0.15, 0.2) is 59.8 Å². The van der Waals surface area contributed by atoms with Crippen molar-refractivity contribution in [3.05, 3.63) is 60.2 Å². The summed E-state index contributed by atoms with van der Waals surface area (Å²) in [5.74, 6) is 1.10. The number of ketones is 1. The Morgan fingerprint density at radius 2 is 1.77 bits per heavy atom. The van der Waals surface area contributed by atoms with Crippen molar-refractivity contribution in [3.8, 4) is 17.1 Å². The summed E-state index contributed by atoms with van der Waals surface area (Å²) in [6.45, 7) is 2.22. The van der Waals surface area contributed by atoms with Gasteiger partial charge in [-0.15, -0.1) is 10.2 Å². The van der Waals surface area contributed by atoms with Gasteiger partial charge in [0.25, 0.3) is 0 Å². The van der Waals surface area contributed by atoms with Crippen molar-refractivity contribution in [2.24, 2.45) is 0 Å². The number of carbonyl (C=O) groups excluding carboxylic acids is 1. The molecule has 0 amide bonds. The van der Waals surface area contributed by atoms with E-state index in [4.69, 9.17) is 4.74 Å². The van der Waals surface area contributed by atoms with Crippen molar-refractivity contribution in [2.75, 3.05) is 11.1 Å². The molecule has 0 saturated heterocycles. The predicted octanol–water partition coefficient (Wildman–Crippen LogP) is 5.61. The topological polar surface area (TPSA) is 77.0 Å². The van der Waals surface area contributed by atoms with Gasteiger partial charge in [-0.25, -0.2) is 0 Å². The molecule has 0 aliphatic carbocycles. The maximum absolute atomic E-state index is 13.1. The van der Waals surface area contributed by atoms with Crippen LogP contribution in [0.4, 0.5) is 5.69 Å². The van der Waals surface area contributed by atoms with Crippen molar-refractivity contribution >= 4 is 23.2 Å². The van der Waals surface area contributed by atoms with E-state index in [2.05, 4.69) is 27.4 Å². The maximum Gasteiger partial charge on any atom is 0.247 e. The largest absolute Gasteiger partial charge is 0.444 e. The molecule has 1 atom stereocenters. The number of para-hydroxylation sites is 1. The summed E-state index contributed by atoms with van der Waals surface area (Å²) >= 11 is 1.58. The van der Waals surface area contributed by atoms with Gasteiger partial charge in [-0.2, -0.15) is 4.98 Å². The Morgan fingerprint density at radius 3 is 2.61 bits per heavy atom. The van der Waals surface area contributed by atoms with Crippen LogP contribution in [0, 0.1) is 0 Å². The summed E-state index contributed by atoms with van der Waals surface area (Å²) in [6.07, 6.45) is 5.20. The summed E-state index contributed by atoms with van der Waals surface area (Å²) < 4.78 is 6.07. The highest BCUT2D eigenvalue weighted by Gasteiger charge is 2.29. The zero-order valence-corrected chi connectivity index (χ0v) is 18.4. The van der Waals surface area contributed by atoms with E-state index in [9.17, 15) is 4.79 Å². The Labute approximate surface area is 186 Å². The first-order valence-electron chi connectivity index (χ1n) is 10.8. The molecule has 160 valence electrons. The Morgan fingerprint density at radius 1 is 1.00 bits per heavy atom. The molecule has 6 nitrogen and oxygen atoms in total. The lowest BCUT2D eigenvalue weighted by molar-refractivity contribution is 0.0823. The first-order valence-corrected chi connectivity index (χ1v) is 11.7. The Kier molecular flexibility index (Phi) is 7.14. The minimum Gasteiger partial charge on any atom is -0.444 e. The van der Waals surface area contributed by atoms with Crippen molar-refractivity contribution in [2.45, 2.75) is 50.4 Å². The number of carbonyl (C=O) groups is 1. The molecule has 1 N–H and O–H groups in total. The van der Waals surface area contributed by atoms with E-state index < -0.39 is 6.23 Å². The molecule has 0 fully saturated rings. The first kappa shape index (κ1) is 21.3. The number of fused-ring (bicyclic) bond motifs is 3. The minimum atomic E-state index is -0.895. The number of hydrogen-bond donors (Lipinski definition) is 1. The Bertz CT molecular complexity index is 1030. The lowest BCUT2D eigenvalue weighted by Gasteiger charge is -2.17. The molecular formula is C24H26N4O2S. The second-order valence-corrected chi connectivity index (χ2v) is 8.49. The van der Waals surface area contributed by atoms with Crippen LogP contribution in [0.2, 0.25) is 0 Å². The standard InChI is InChI=1S/C24H26N4O2S/c1-2-3-4-5-11-16-31-24-26-22-20(27-28-24)18-14-9-10-15-19(18)25-23(30-22)21(29)17-12-7-6-8-13-17/h6-10,12-15,23,25H,2-5,11,16H2,1H3/t23-/m0/s1. The Hall–Kier alpha value is -2.93. The average Bonchev–Trinajstić information content (AvgIpc) is 2.98. The van der Waals surface area contributed by atoms with Gasteiger partial charge < -0.3 is 10.1 Å². The number of thioether (sulfide) groups is 1. The molecule has 31 heavy (non-hydrogen) atoms. The number of ether oxygens (including phenoxy) is 1. The number of benzene rings is 2. The second-order valence-electron chi connectivity index (χ2n) is 7.43. The third-order valence-electron chi connectivity index (χ3n) is 5.11. The average molecular weight is 435 g/mol. The van der Waals surface area contributed by atoms with E-state index >= 15 is 0 Å². The van der Waals surface area contributed by atoms with Gasteiger partial charge in [0.05, 0.1) is 0 Å². The van der Waals surface area contributed by atoms with Crippen LogP contribution < -0.4 is 10.1 Å². The van der Waals surface area contributed by atoms with Crippen molar-refractivity contribution in [1.29, 1.82) is 0 Å². The van der Waals surface area contributed by atoms with Gasteiger partial charge in [-0.3, -0.25) is 4.79 Å². The fourth-order valence-corrected chi connectivity index (χ4v) is 4.23. The van der Waals surface area contributed by atoms with Crippen molar-refractivity contribution in [3.63, 3.8) is 0 Å². The number of aromatic nitrogens is 3. The number of rotatable bonds is 9. The van der Waals surface area contributed by atoms with Crippen LogP contribution in [0.1, 0.15) is 49.4 Å². The van der Waals surface area contributed by atoms with Crippen LogP contribution in [-0.2, 0) is 0 Å². The number of hydrogen-bond acceptors (Lipinski definition) is 7. The molecule has 0 bridgehead atoms. The number of anilines is 1. The fraction of sp³-hybridized carbons (Fsp3) is 0.333. The summed E-state index contributed by atoms with van der Waals surface area (Å²) in [5.41, 5.74) is 2.70. The minimum absolute atomic E-state index is 0.160. The first-order chi connectivity index (χ1) is 15.3. The van der Waals surface area contributed by atoms with Gasteiger partial charge in [0.1, 0.15) is 0 Å². The van der Waals surface area contributed by atoms with E-state index in [1.54, 1.807) is 23.9 Å². The van der Waals surface area contributed by atoms with Crippen LogP contribution in [0.5, 0.6) is 5.88 Å². The summed E-state index contributed by atoms with van der Waals surface area (Å²) in [4.78, 5) is 17.7. The molecule has 1 aromatic heterocycles. The number of unbranched alkanes of at least 4 members (excludes halogenated alkanes) is 4. The zero-order valence-electron chi connectivity index (χ0n) is 17.6. The summed E-state index contributed by atoms with van der Waals surface area (Å²) in [6, 6.07) is 16.8. The van der Waals surface area contributed by atoms with Crippen LogP contribution >= 0.6 is 11.8 Å². The molecule has 4 rings (SSSR count). The highest BCUT2D eigenvalue weighted by atomic mass is 32.2. The van der Waals surface area contributed by atoms with Crippen LogP contribution in [0.25, 0.3) is 11.3 Å². The summed E-state index contributed by atoms with van der Waals surface area (Å²) in [7, 11) is 0. The third-order valence-corrected chi connectivity index (χ3v) is 6.03. The quantitative estimate of drug-likeness (QED) is 0.266. The fourth-order valence-electron chi connectivity index (χ4n) is 3.45. The second kappa shape index (κ2) is 10.4. The lowest BCUT2D eigenvalue weighted by atomic mass is 10.1. The monoisotopic (exact) mass is 434 g/mol. The predicted molar refractivity (Wildman–Crippen MR) is 124 cm³/mol. The van der Waals surface area contributed by atoms with E-state index in [1.165, 1.54) is 25.7 Å². The molecule has 7 heteroatoms. The van der Waals surface area contributed by atoms with E-state index in [-0.39, 0.29) is 5.78 Å². The Balaban J connectivity index is 1.56. The molecule has 2 aromatic carbocycles. The lowest BCUT2D eigenvalue weighted by Crippen LogP contribution is -2.35. The van der Waals surface area contributed by atoms with Gasteiger partial charge in [0, 0.05) is 22.6 Å². The van der Waals surface area contributed by atoms with Gasteiger partial charge in [-0.1, -0.05) is 92.9 Å². The SMILES string of the molecule is CCCCCCCSc1nnc2c(n1)O[C@@H](C(=O)c1ccccc1)Nc1ccccc1-2. The number of nitrogens with zero attached hydrogens (tertiary/aromatic N) is 3. The van der Waals surface area contributed by atoms with Gasteiger partial charge in [0.15, 0.2) is 5.69 Å². The van der Waals surface area contributed by atoms with E-state index in [0.29, 0.717) is 22.3 Å². The van der Waals surface area contributed by atoms with Gasteiger partial charge >= 0.3 is 0 Å². The zero-order chi connectivity index (χ0) is 21.5. The molecule has 0 saturated carbocycles. The van der Waals surface area contributed by atoms with Crippen LogP contribution in [-0.4, -0.2) is 32.9 Å². The smallest absolute Gasteiger partial charge is 0.247 e. The van der Waals surface area contributed by atoms with Gasteiger partial charge in [0.2, 0.25) is 23.0 Å². The van der Waals surface area contributed by atoms with E-state index in [1.807, 2.05) is 42.5 Å². The molecule has 3 aromatic rings. The van der Waals surface area contributed by atoms with E-state index in [0.717, 1.165) is 23.4 Å². The highest BCUT2D eigenvalue weighted by molar-refractivity contribution is 7.99. The maximum atomic E-state index is 13.1. The normalized spacial score (nSPS) is 14.5. The van der Waals surface area contributed by atoms with Crippen LogP contribution in [0.3, 0.4) is 0 Å². The molecule has 1 aliphatic rings. The molecule has 0 spiro atoms. The highest BCUT2D eigenvalue weighted by Crippen LogP contribution is 2.36. The number of Topliss-reactive ketones (excluding diaryl/α,β-unsaturated/α-hetero) is 1. The summed E-state index contributed by atoms with van der Waals surface area (Å²) in [5, 5.41) is 12.5.